The summed E-state index contributed by atoms with van der Waals surface area (Å²) in [7, 11) is 2.20. The van der Waals surface area contributed by atoms with E-state index in [9.17, 15) is 5.11 Å². The standard InChI is InChI=1S/C16H32N2O2/c1-3-17-12-16(8-10-20-11-9-16)13-18(2)14-6-4-5-7-15(14)19/h14-15,17,19H,3-13H2,1-2H3. The average molecular weight is 284 g/mol. The lowest BCUT2D eigenvalue weighted by Crippen LogP contribution is -2.52. The molecule has 1 heterocycles. The smallest absolute Gasteiger partial charge is 0.0695 e. The summed E-state index contributed by atoms with van der Waals surface area (Å²) in [6.45, 7) is 7.10. The maximum atomic E-state index is 10.2. The molecule has 2 N–H and O–H groups in total. The van der Waals surface area contributed by atoms with Crippen LogP contribution in [-0.4, -0.2) is 62.0 Å². The molecule has 0 aromatic rings. The fraction of sp³-hybridized carbons (Fsp3) is 1.00. The van der Waals surface area contributed by atoms with Crippen LogP contribution in [0.25, 0.3) is 0 Å². The van der Waals surface area contributed by atoms with E-state index in [0.29, 0.717) is 11.5 Å². The van der Waals surface area contributed by atoms with Gasteiger partial charge < -0.3 is 20.1 Å². The van der Waals surface area contributed by atoms with Gasteiger partial charge in [0.2, 0.25) is 0 Å². The fourth-order valence-corrected chi connectivity index (χ4v) is 3.84. The van der Waals surface area contributed by atoms with E-state index >= 15 is 0 Å². The van der Waals surface area contributed by atoms with Crippen LogP contribution in [0.1, 0.15) is 45.4 Å². The van der Waals surface area contributed by atoms with Crippen LogP contribution in [0, 0.1) is 5.41 Å². The average Bonchev–Trinajstić information content (AvgIpc) is 2.46. The summed E-state index contributed by atoms with van der Waals surface area (Å²) in [5.41, 5.74) is 0.320. The monoisotopic (exact) mass is 284 g/mol. The summed E-state index contributed by atoms with van der Waals surface area (Å²) in [4.78, 5) is 2.42. The number of nitrogens with one attached hydrogen (secondary N) is 1. The first-order chi connectivity index (χ1) is 9.67. The van der Waals surface area contributed by atoms with Crippen molar-refractivity contribution < 1.29 is 9.84 Å². The van der Waals surface area contributed by atoms with Gasteiger partial charge in [0.25, 0.3) is 0 Å². The van der Waals surface area contributed by atoms with Gasteiger partial charge in [-0.25, -0.2) is 0 Å². The highest BCUT2D eigenvalue weighted by Gasteiger charge is 2.36. The van der Waals surface area contributed by atoms with Crippen LogP contribution < -0.4 is 5.32 Å². The van der Waals surface area contributed by atoms with Crippen LogP contribution in [-0.2, 0) is 4.74 Å². The van der Waals surface area contributed by atoms with Gasteiger partial charge in [-0.15, -0.1) is 0 Å². The third kappa shape index (κ3) is 4.17. The molecule has 1 saturated carbocycles. The minimum atomic E-state index is -0.134. The van der Waals surface area contributed by atoms with Crippen molar-refractivity contribution in [1.82, 2.24) is 10.2 Å². The molecule has 0 aromatic carbocycles. The van der Waals surface area contributed by atoms with Gasteiger partial charge in [0.15, 0.2) is 0 Å². The van der Waals surface area contributed by atoms with Crippen LogP contribution in [0.2, 0.25) is 0 Å². The van der Waals surface area contributed by atoms with Crippen LogP contribution >= 0.6 is 0 Å². The molecule has 2 rings (SSSR count). The largest absolute Gasteiger partial charge is 0.391 e. The third-order valence-electron chi connectivity index (χ3n) is 5.15. The fourth-order valence-electron chi connectivity index (χ4n) is 3.84. The van der Waals surface area contributed by atoms with E-state index in [4.69, 9.17) is 4.74 Å². The van der Waals surface area contributed by atoms with Crippen LogP contribution in [0.4, 0.5) is 0 Å². The molecular weight excluding hydrogens is 252 g/mol. The molecule has 2 aliphatic rings. The number of nitrogens with zero attached hydrogens (tertiary/aromatic N) is 1. The molecule has 0 aromatic heterocycles. The van der Waals surface area contributed by atoms with E-state index in [2.05, 4.69) is 24.2 Å². The molecule has 2 fully saturated rings. The van der Waals surface area contributed by atoms with Crippen molar-refractivity contribution in [3.05, 3.63) is 0 Å². The lowest BCUT2D eigenvalue weighted by atomic mass is 9.78. The topological polar surface area (TPSA) is 44.7 Å². The zero-order chi connectivity index (χ0) is 14.4. The molecule has 0 radical (unpaired) electrons. The number of aliphatic hydroxyl groups excluding tert-OH is 1. The zero-order valence-corrected chi connectivity index (χ0v) is 13.2. The van der Waals surface area contributed by atoms with Crippen molar-refractivity contribution in [1.29, 1.82) is 0 Å². The van der Waals surface area contributed by atoms with Gasteiger partial charge in [0.1, 0.15) is 0 Å². The molecule has 20 heavy (non-hydrogen) atoms. The van der Waals surface area contributed by atoms with Crippen molar-refractivity contribution in [3.63, 3.8) is 0 Å². The van der Waals surface area contributed by atoms with Gasteiger partial charge in [-0.2, -0.15) is 0 Å². The molecule has 1 saturated heterocycles. The first-order valence-electron chi connectivity index (χ1n) is 8.34. The van der Waals surface area contributed by atoms with Crippen molar-refractivity contribution >= 4 is 0 Å². The SMILES string of the molecule is CCNCC1(CN(C)C2CCCCC2O)CCOCC1. The van der Waals surface area contributed by atoms with Gasteiger partial charge in [0, 0.05) is 32.3 Å². The van der Waals surface area contributed by atoms with Gasteiger partial charge in [-0.3, -0.25) is 0 Å². The molecule has 0 bridgehead atoms. The Bertz CT molecular complexity index is 280. The first-order valence-corrected chi connectivity index (χ1v) is 8.34. The highest BCUT2D eigenvalue weighted by molar-refractivity contribution is 4.90. The third-order valence-corrected chi connectivity index (χ3v) is 5.15. The second-order valence-corrected chi connectivity index (χ2v) is 6.73. The maximum absolute atomic E-state index is 10.2. The zero-order valence-electron chi connectivity index (χ0n) is 13.2. The van der Waals surface area contributed by atoms with Crippen molar-refractivity contribution in [2.24, 2.45) is 5.41 Å². The number of hydrogen-bond acceptors (Lipinski definition) is 4. The summed E-state index contributed by atoms with van der Waals surface area (Å²) < 4.78 is 5.56. The Kier molecular flexibility index (Phi) is 6.27. The van der Waals surface area contributed by atoms with E-state index in [0.717, 1.165) is 58.5 Å². The minimum absolute atomic E-state index is 0.134. The Labute approximate surface area is 123 Å². The van der Waals surface area contributed by atoms with Crippen molar-refractivity contribution in [3.8, 4) is 0 Å². The van der Waals surface area contributed by atoms with Gasteiger partial charge >= 0.3 is 0 Å². The highest BCUT2D eigenvalue weighted by Crippen LogP contribution is 2.33. The van der Waals surface area contributed by atoms with E-state index < -0.39 is 0 Å². The number of ether oxygens (including phenoxy) is 1. The van der Waals surface area contributed by atoms with E-state index in [-0.39, 0.29) is 6.10 Å². The Morgan fingerprint density at radius 1 is 1.25 bits per heavy atom. The minimum Gasteiger partial charge on any atom is -0.391 e. The first kappa shape index (κ1) is 16.2. The van der Waals surface area contributed by atoms with Crippen molar-refractivity contribution in [2.75, 3.05) is 39.9 Å². The summed E-state index contributed by atoms with van der Waals surface area (Å²) in [6.07, 6.45) is 6.69. The molecule has 4 nitrogen and oxygen atoms in total. The van der Waals surface area contributed by atoms with Crippen LogP contribution in [0.15, 0.2) is 0 Å². The molecule has 4 heteroatoms. The van der Waals surface area contributed by atoms with Gasteiger partial charge in [-0.05, 0) is 44.7 Å². The molecular formula is C16H32N2O2. The predicted molar refractivity (Wildman–Crippen MR) is 81.9 cm³/mol. The predicted octanol–water partition coefficient (Wildman–Crippen LogP) is 1.63. The second kappa shape index (κ2) is 7.74. The Morgan fingerprint density at radius 3 is 2.60 bits per heavy atom. The molecule has 1 aliphatic carbocycles. The van der Waals surface area contributed by atoms with Gasteiger partial charge in [-0.1, -0.05) is 19.8 Å². The van der Waals surface area contributed by atoms with E-state index in [1.807, 2.05) is 0 Å². The lowest BCUT2D eigenvalue weighted by Gasteiger charge is -2.44. The quantitative estimate of drug-likeness (QED) is 0.778. The summed E-state index contributed by atoms with van der Waals surface area (Å²) >= 11 is 0. The normalized spacial score (nSPS) is 30.6. The number of hydrogen-bond donors (Lipinski definition) is 2. The summed E-state index contributed by atoms with van der Waals surface area (Å²) in [6, 6.07) is 0.352. The van der Waals surface area contributed by atoms with E-state index in [1.54, 1.807) is 0 Å². The molecule has 118 valence electrons. The van der Waals surface area contributed by atoms with Crippen LogP contribution in [0.3, 0.4) is 0 Å². The Hall–Kier alpha value is -0.160. The summed E-state index contributed by atoms with van der Waals surface area (Å²) in [5.74, 6) is 0. The van der Waals surface area contributed by atoms with E-state index in [1.165, 1.54) is 12.8 Å². The Morgan fingerprint density at radius 2 is 1.95 bits per heavy atom. The number of likely N-dealkylation sites (N-methyl/N-ethyl adjacent to an activating group) is 1. The number of aliphatic hydroxyl groups is 1. The second-order valence-electron chi connectivity index (χ2n) is 6.73. The lowest BCUT2D eigenvalue weighted by molar-refractivity contribution is -0.0296. The molecule has 2 unspecified atom stereocenters. The number of rotatable bonds is 6. The van der Waals surface area contributed by atoms with Crippen molar-refractivity contribution in [2.45, 2.75) is 57.6 Å². The Balaban J connectivity index is 1.95. The highest BCUT2D eigenvalue weighted by atomic mass is 16.5. The molecule has 0 amide bonds. The summed E-state index contributed by atoms with van der Waals surface area (Å²) in [5, 5.41) is 13.8. The molecule has 0 spiro atoms. The maximum Gasteiger partial charge on any atom is 0.0695 e. The molecule has 1 aliphatic heterocycles. The van der Waals surface area contributed by atoms with Crippen LogP contribution in [0.5, 0.6) is 0 Å². The van der Waals surface area contributed by atoms with Gasteiger partial charge in [0.05, 0.1) is 6.10 Å². The molecule has 2 atom stereocenters.